The zero-order valence-corrected chi connectivity index (χ0v) is 13.9. The second-order valence-corrected chi connectivity index (χ2v) is 6.18. The topological polar surface area (TPSA) is 17.8 Å². The molecule has 2 heteroatoms. The molecule has 0 bridgehead atoms. The van der Waals surface area contributed by atoms with Crippen molar-refractivity contribution in [2.45, 2.75) is 90.4 Å². The molecule has 0 N–H and O–H groups in total. The molecule has 0 aliphatic rings. The molecule has 1 aromatic heterocycles. The van der Waals surface area contributed by atoms with Crippen LogP contribution in [-0.4, -0.2) is 9.55 Å². The molecule has 0 aliphatic heterocycles. The summed E-state index contributed by atoms with van der Waals surface area (Å²) in [5.74, 6) is 0.723. The number of aryl methyl sites for hydroxylation is 1. The van der Waals surface area contributed by atoms with E-state index >= 15 is 0 Å². The van der Waals surface area contributed by atoms with Crippen LogP contribution in [0.4, 0.5) is 0 Å². The van der Waals surface area contributed by atoms with Gasteiger partial charge in [-0.2, -0.15) is 0 Å². The lowest BCUT2D eigenvalue weighted by Gasteiger charge is -2.17. The Labute approximate surface area is 126 Å². The Balaban J connectivity index is 2.37. The summed E-state index contributed by atoms with van der Waals surface area (Å²) in [6.45, 7) is 4.57. The highest BCUT2D eigenvalue weighted by Gasteiger charge is 2.14. The predicted octanol–water partition coefficient (Wildman–Crippen LogP) is 5.83. The number of hydrogen-bond acceptors (Lipinski definition) is 1. The third-order valence-corrected chi connectivity index (χ3v) is 4.33. The minimum Gasteiger partial charge on any atom is -0.337 e. The molecule has 20 heavy (non-hydrogen) atoms. The number of nitrogens with zero attached hydrogens (tertiary/aromatic N) is 2. The molecule has 0 aliphatic carbocycles. The van der Waals surface area contributed by atoms with Crippen LogP contribution in [0.5, 0.6) is 0 Å². The molecule has 1 atom stereocenters. The summed E-state index contributed by atoms with van der Waals surface area (Å²) in [6, 6.07) is 0. The van der Waals surface area contributed by atoms with Crippen molar-refractivity contribution >= 4 is 0 Å². The molecular formula is C18H34N2. The monoisotopic (exact) mass is 278 g/mol. The molecule has 1 unspecified atom stereocenters. The molecule has 0 spiro atoms. The van der Waals surface area contributed by atoms with Gasteiger partial charge < -0.3 is 4.57 Å². The Morgan fingerprint density at radius 2 is 1.45 bits per heavy atom. The summed E-state index contributed by atoms with van der Waals surface area (Å²) >= 11 is 0. The molecule has 2 nitrogen and oxygen atoms in total. The van der Waals surface area contributed by atoms with Crippen molar-refractivity contribution in [3.63, 3.8) is 0 Å². The van der Waals surface area contributed by atoms with E-state index in [-0.39, 0.29) is 0 Å². The summed E-state index contributed by atoms with van der Waals surface area (Å²) in [6.07, 6.45) is 19.1. The van der Waals surface area contributed by atoms with Crippen LogP contribution < -0.4 is 0 Å². The van der Waals surface area contributed by atoms with E-state index in [0.717, 1.165) is 5.92 Å². The van der Waals surface area contributed by atoms with Gasteiger partial charge in [0, 0.05) is 24.9 Å². The van der Waals surface area contributed by atoms with Crippen LogP contribution in [0.1, 0.15) is 96.1 Å². The molecule has 0 radical (unpaired) electrons. The molecule has 0 amide bonds. The lowest BCUT2D eigenvalue weighted by molar-refractivity contribution is 0.477. The third-order valence-electron chi connectivity index (χ3n) is 4.33. The Morgan fingerprint density at radius 3 is 1.95 bits per heavy atom. The average Bonchev–Trinajstić information content (AvgIpc) is 2.87. The Morgan fingerprint density at radius 1 is 0.900 bits per heavy atom. The normalized spacial score (nSPS) is 12.8. The zero-order valence-electron chi connectivity index (χ0n) is 13.9. The molecule has 1 rings (SSSR count). The van der Waals surface area contributed by atoms with Gasteiger partial charge in [-0.1, -0.05) is 71.6 Å². The van der Waals surface area contributed by atoms with Crippen LogP contribution in [0.15, 0.2) is 12.5 Å². The second-order valence-electron chi connectivity index (χ2n) is 6.18. The summed E-state index contributed by atoms with van der Waals surface area (Å²) < 4.78 is 2.22. The number of hydrogen-bond donors (Lipinski definition) is 0. The van der Waals surface area contributed by atoms with Gasteiger partial charge in [-0.15, -0.1) is 0 Å². The maximum Gasteiger partial charge on any atom is 0.0945 e. The van der Waals surface area contributed by atoms with Crippen LogP contribution in [-0.2, 0) is 7.05 Å². The number of imidazole rings is 1. The summed E-state index contributed by atoms with van der Waals surface area (Å²) in [5.41, 5.74) is 1.44. The molecule has 1 aromatic rings. The van der Waals surface area contributed by atoms with Crippen LogP contribution in [0, 0.1) is 0 Å². The summed E-state index contributed by atoms with van der Waals surface area (Å²) in [4.78, 5) is 4.31. The van der Waals surface area contributed by atoms with Crippen molar-refractivity contribution in [3.8, 4) is 0 Å². The van der Waals surface area contributed by atoms with E-state index < -0.39 is 0 Å². The van der Waals surface area contributed by atoms with Crippen LogP contribution in [0.25, 0.3) is 0 Å². The van der Waals surface area contributed by atoms with Gasteiger partial charge in [0.2, 0.25) is 0 Å². The first-order valence-corrected chi connectivity index (χ1v) is 8.75. The smallest absolute Gasteiger partial charge is 0.0945 e. The minimum absolute atomic E-state index is 0.723. The van der Waals surface area contributed by atoms with Gasteiger partial charge in [0.25, 0.3) is 0 Å². The lowest BCUT2D eigenvalue weighted by atomic mass is 9.92. The first kappa shape index (κ1) is 17.3. The van der Waals surface area contributed by atoms with Gasteiger partial charge in [-0.05, 0) is 12.8 Å². The van der Waals surface area contributed by atoms with Gasteiger partial charge in [0.1, 0.15) is 0 Å². The highest BCUT2D eigenvalue weighted by Crippen LogP contribution is 2.28. The van der Waals surface area contributed by atoms with Crippen molar-refractivity contribution in [2.24, 2.45) is 7.05 Å². The van der Waals surface area contributed by atoms with Gasteiger partial charge in [-0.25, -0.2) is 4.98 Å². The Kier molecular flexibility index (Phi) is 9.44. The number of rotatable bonds is 12. The Bertz CT molecular complexity index is 330. The largest absolute Gasteiger partial charge is 0.337 e. The van der Waals surface area contributed by atoms with Gasteiger partial charge in [-0.3, -0.25) is 0 Å². The summed E-state index contributed by atoms with van der Waals surface area (Å²) in [5, 5.41) is 0. The maximum absolute atomic E-state index is 4.31. The van der Waals surface area contributed by atoms with Crippen molar-refractivity contribution in [1.29, 1.82) is 0 Å². The standard InChI is InChI=1S/C18H34N2/c1-4-6-8-10-12-14-17(13-11-9-7-5-2)18-15-19-16-20(18)3/h15-17H,4-14H2,1-3H3. The van der Waals surface area contributed by atoms with Crippen LogP contribution in [0.3, 0.4) is 0 Å². The third kappa shape index (κ3) is 6.58. The second kappa shape index (κ2) is 10.9. The Hall–Kier alpha value is -0.790. The minimum atomic E-state index is 0.723. The predicted molar refractivity (Wildman–Crippen MR) is 88.1 cm³/mol. The molecule has 116 valence electrons. The SMILES string of the molecule is CCCCCCCC(CCCCCC)c1cncn1C. The van der Waals surface area contributed by atoms with Gasteiger partial charge in [0.05, 0.1) is 6.33 Å². The van der Waals surface area contributed by atoms with Crippen molar-refractivity contribution in [2.75, 3.05) is 0 Å². The van der Waals surface area contributed by atoms with E-state index in [1.54, 1.807) is 0 Å². The fraction of sp³-hybridized carbons (Fsp3) is 0.833. The van der Waals surface area contributed by atoms with E-state index in [1.165, 1.54) is 76.3 Å². The molecule has 0 saturated carbocycles. The molecule has 0 fully saturated rings. The van der Waals surface area contributed by atoms with E-state index in [4.69, 9.17) is 0 Å². The maximum atomic E-state index is 4.31. The first-order chi connectivity index (χ1) is 9.79. The molecule has 1 heterocycles. The zero-order chi connectivity index (χ0) is 14.6. The van der Waals surface area contributed by atoms with E-state index in [0.29, 0.717) is 0 Å². The highest BCUT2D eigenvalue weighted by molar-refractivity contribution is 5.05. The van der Waals surface area contributed by atoms with Crippen molar-refractivity contribution in [3.05, 3.63) is 18.2 Å². The average molecular weight is 278 g/mol. The van der Waals surface area contributed by atoms with E-state index in [9.17, 15) is 0 Å². The molecule has 0 saturated heterocycles. The first-order valence-electron chi connectivity index (χ1n) is 8.75. The van der Waals surface area contributed by atoms with E-state index in [2.05, 4.69) is 36.6 Å². The molecular weight excluding hydrogens is 244 g/mol. The van der Waals surface area contributed by atoms with Gasteiger partial charge in [0.15, 0.2) is 0 Å². The number of aromatic nitrogens is 2. The van der Waals surface area contributed by atoms with Crippen molar-refractivity contribution < 1.29 is 0 Å². The van der Waals surface area contributed by atoms with Crippen LogP contribution in [0.2, 0.25) is 0 Å². The lowest BCUT2D eigenvalue weighted by Crippen LogP contribution is -2.05. The van der Waals surface area contributed by atoms with Gasteiger partial charge >= 0.3 is 0 Å². The highest BCUT2D eigenvalue weighted by atomic mass is 15.0. The van der Waals surface area contributed by atoms with Crippen molar-refractivity contribution in [1.82, 2.24) is 9.55 Å². The fourth-order valence-corrected chi connectivity index (χ4v) is 3.01. The van der Waals surface area contributed by atoms with Crippen LogP contribution >= 0.6 is 0 Å². The fourth-order valence-electron chi connectivity index (χ4n) is 3.01. The molecule has 0 aromatic carbocycles. The van der Waals surface area contributed by atoms with E-state index in [1.807, 2.05) is 6.33 Å². The number of unbranched alkanes of at least 4 members (excludes halogenated alkanes) is 7. The quantitative estimate of drug-likeness (QED) is 0.439. The summed E-state index contributed by atoms with van der Waals surface area (Å²) in [7, 11) is 2.14.